The van der Waals surface area contributed by atoms with Crippen LogP contribution in [0.5, 0.6) is 0 Å². The topological polar surface area (TPSA) is 94.7 Å². The summed E-state index contributed by atoms with van der Waals surface area (Å²) in [7, 11) is 0. The van der Waals surface area contributed by atoms with Gasteiger partial charge in [-0.1, -0.05) is 6.92 Å². The smallest absolute Gasteiger partial charge is 0.266 e. The van der Waals surface area contributed by atoms with Crippen LogP contribution in [0.4, 0.5) is 0 Å². The Morgan fingerprint density at radius 1 is 1.42 bits per heavy atom. The van der Waals surface area contributed by atoms with E-state index in [1.54, 1.807) is 13.0 Å². The summed E-state index contributed by atoms with van der Waals surface area (Å²) in [5, 5.41) is 10.8. The van der Waals surface area contributed by atoms with E-state index in [4.69, 9.17) is 0 Å². The Bertz CT molecular complexity index is 604. The second-order valence-corrected chi connectivity index (χ2v) is 3.80. The fourth-order valence-corrected chi connectivity index (χ4v) is 1.47. The molecule has 0 aliphatic carbocycles. The summed E-state index contributed by atoms with van der Waals surface area (Å²) in [5.41, 5.74) is -0.227. The molecule has 2 aromatic rings. The van der Waals surface area contributed by atoms with Gasteiger partial charge in [-0.2, -0.15) is 5.10 Å². The first-order valence-corrected chi connectivity index (χ1v) is 5.90. The molecule has 0 aliphatic rings. The second-order valence-electron chi connectivity index (χ2n) is 3.80. The van der Waals surface area contributed by atoms with Crippen molar-refractivity contribution in [2.75, 3.05) is 6.54 Å². The van der Waals surface area contributed by atoms with Gasteiger partial charge in [-0.05, 0) is 6.07 Å². The van der Waals surface area contributed by atoms with E-state index in [9.17, 15) is 9.59 Å². The number of amides is 1. The maximum atomic E-state index is 11.6. The molecule has 0 atom stereocenters. The van der Waals surface area contributed by atoms with Gasteiger partial charge in [0.1, 0.15) is 12.7 Å². The Hall–Kier alpha value is -2.51. The van der Waals surface area contributed by atoms with Crippen molar-refractivity contribution in [3.05, 3.63) is 35.1 Å². The summed E-state index contributed by atoms with van der Waals surface area (Å²) in [6, 6.07) is 2.98. The van der Waals surface area contributed by atoms with Crippen molar-refractivity contribution in [3.63, 3.8) is 0 Å². The highest BCUT2D eigenvalue weighted by Gasteiger charge is 2.03. The number of rotatable bonds is 5. The maximum Gasteiger partial charge on any atom is 0.266 e. The van der Waals surface area contributed by atoms with Crippen LogP contribution in [-0.4, -0.2) is 37.0 Å². The Morgan fingerprint density at radius 2 is 2.26 bits per heavy atom. The molecule has 0 unspecified atom stereocenters. The van der Waals surface area contributed by atoms with Gasteiger partial charge in [0.25, 0.3) is 5.56 Å². The minimum atomic E-state index is -0.227. The Balaban J connectivity index is 2.10. The lowest BCUT2D eigenvalue weighted by atomic mass is 10.4. The predicted molar refractivity (Wildman–Crippen MR) is 66.7 cm³/mol. The van der Waals surface area contributed by atoms with E-state index in [0.717, 1.165) is 0 Å². The van der Waals surface area contributed by atoms with E-state index < -0.39 is 0 Å². The normalized spacial score (nSPS) is 10.4. The molecule has 0 bridgehead atoms. The molecular weight excluding hydrogens is 248 g/mol. The average Bonchev–Trinajstić information content (AvgIpc) is 2.94. The fourth-order valence-electron chi connectivity index (χ4n) is 1.47. The lowest BCUT2D eigenvalue weighted by Crippen LogP contribution is -2.31. The van der Waals surface area contributed by atoms with Crippen molar-refractivity contribution < 1.29 is 4.79 Å². The molecule has 8 nitrogen and oxygen atoms in total. The predicted octanol–water partition coefficient (Wildman–Crippen LogP) is -0.650. The van der Waals surface area contributed by atoms with Crippen LogP contribution in [0, 0.1) is 0 Å². The molecule has 2 aromatic heterocycles. The minimum absolute atomic E-state index is 0.0551. The Morgan fingerprint density at radius 3 is 2.95 bits per heavy atom. The molecular formula is C11H14N6O2. The summed E-state index contributed by atoms with van der Waals surface area (Å²) >= 11 is 0. The molecule has 0 spiro atoms. The van der Waals surface area contributed by atoms with Crippen molar-refractivity contribution in [2.24, 2.45) is 0 Å². The monoisotopic (exact) mass is 262 g/mol. The van der Waals surface area contributed by atoms with Gasteiger partial charge in [0.05, 0.1) is 6.54 Å². The highest BCUT2D eigenvalue weighted by molar-refractivity contribution is 5.75. The number of aromatic nitrogens is 5. The SMILES string of the molecule is CCC(=O)NCCn1nc(-n2cncn2)ccc1=O. The lowest BCUT2D eigenvalue weighted by Gasteiger charge is -2.07. The lowest BCUT2D eigenvalue weighted by molar-refractivity contribution is -0.120. The van der Waals surface area contributed by atoms with Crippen molar-refractivity contribution in [2.45, 2.75) is 19.9 Å². The van der Waals surface area contributed by atoms with Crippen molar-refractivity contribution >= 4 is 5.91 Å². The molecule has 2 heterocycles. The summed E-state index contributed by atoms with van der Waals surface area (Å²) in [4.78, 5) is 26.5. The molecule has 8 heteroatoms. The van der Waals surface area contributed by atoms with E-state index in [1.807, 2.05) is 0 Å². The molecule has 0 saturated carbocycles. The molecule has 19 heavy (non-hydrogen) atoms. The van der Waals surface area contributed by atoms with E-state index in [1.165, 1.54) is 28.1 Å². The van der Waals surface area contributed by atoms with Gasteiger partial charge in [0, 0.05) is 19.0 Å². The second kappa shape index (κ2) is 5.89. The van der Waals surface area contributed by atoms with E-state index in [-0.39, 0.29) is 11.5 Å². The molecule has 1 N–H and O–H groups in total. The third kappa shape index (κ3) is 3.24. The van der Waals surface area contributed by atoms with Gasteiger partial charge in [-0.25, -0.2) is 14.3 Å². The standard InChI is InChI=1S/C11H14N6O2/c1-2-10(18)13-5-6-16-11(19)4-3-9(15-16)17-8-12-7-14-17/h3-4,7-8H,2,5-6H2,1H3,(H,13,18). The summed E-state index contributed by atoms with van der Waals surface area (Å²) in [5.74, 6) is 0.444. The first-order valence-electron chi connectivity index (χ1n) is 5.90. The van der Waals surface area contributed by atoms with Crippen LogP contribution in [0.15, 0.2) is 29.6 Å². The molecule has 2 rings (SSSR count). The van der Waals surface area contributed by atoms with Gasteiger partial charge >= 0.3 is 0 Å². The minimum Gasteiger partial charge on any atom is -0.354 e. The molecule has 0 aliphatic heterocycles. The zero-order chi connectivity index (χ0) is 13.7. The van der Waals surface area contributed by atoms with Crippen LogP contribution in [0.2, 0.25) is 0 Å². The molecule has 0 aromatic carbocycles. The van der Waals surface area contributed by atoms with Gasteiger partial charge in [-0.3, -0.25) is 9.59 Å². The maximum absolute atomic E-state index is 11.6. The van der Waals surface area contributed by atoms with Gasteiger partial charge in [0.2, 0.25) is 5.91 Å². The fraction of sp³-hybridized carbons (Fsp3) is 0.364. The largest absolute Gasteiger partial charge is 0.354 e. The number of nitrogens with one attached hydrogen (secondary N) is 1. The quantitative estimate of drug-likeness (QED) is 0.772. The van der Waals surface area contributed by atoms with E-state index >= 15 is 0 Å². The number of nitrogens with zero attached hydrogens (tertiary/aromatic N) is 5. The first-order chi connectivity index (χ1) is 9.20. The van der Waals surface area contributed by atoms with Crippen molar-refractivity contribution in [1.29, 1.82) is 0 Å². The first kappa shape index (κ1) is 12.9. The molecule has 100 valence electrons. The zero-order valence-electron chi connectivity index (χ0n) is 10.5. The third-order valence-electron chi connectivity index (χ3n) is 2.47. The Kier molecular flexibility index (Phi) is 4.01. The Labute approximate surface area is 109 Å². The van der Waals surface area contributed by atoms with Crippen LogP contribution >= 0.6 is 0 Å². The van der Waals surface area contributed by atoms with Crippen molar-refractivity contribution in [3.8, 4) is 5.82 Å². The van der Waals surface area contributed by atoms with E-state index in [2.05, 4.69) is 20.5 Å². The van der Waals surface area contributed by atoms with Crippen molar-refractivity contribution in [1.82, 2.24) is 29.9 Å². The van der Waals surface area contributed by atoms with Crippen LogP contribution in [0.25, 0.3) is 5.82 Å². The summed E-state index contributed by atoms with van der Waals surface area (Å²) < 4.78 is 2.74. The molecule has 0 radical (unpaired) electrons. The molecule has 0 fully saturated rings. The number of carbonyl (C=O) groups is 1. The van der Waals surface area contributed by atoms with Crippen LogP contribution < -0.4 is 10.9 Å². The zero-order valence-corrected chi connectivity index (χ0v) is 10.5. The van der Waals surface area contributed by atoms with Crippen LogP contribution in [0.1, 0.15) is 13.3 Å². The molecule has 1 amide bonds. The van der Waals surface area contributed by atoms with Gasteiger partial charge < -0.3 is 5.32 Å². The van der Waals surface area contributed by atoms with Gasteiger partial charge in [-0.15, -0.1) is 5.10 Å². The highest BCUT2D eigenvalue weighted by Crippen LogP contribution is 1.96. The number of hydrogen-bond acceptors (Lipinski definition) is 5. The average molecular weight is 262 g/mol. The number of carbonyl (C=O) groups excluding carboxylic acids is 1. The van der Waals surface area contributed by atoms with E-state index in [0.29, 0.717) is 25.3 Å². The molecule has 0 saturated heterocycles. The number of hydrogen-bond donors (Lipinski definition) is 1. The van der Waals surface area contributed by atoms with Crippen LogP contribution in [-0.2, 0) is 11.3 Å². The van der Waals surface area contributed by atoms with Gasteiger partial charge in [0.15, 0.2) is 5.82 Å². The third-order valence-corrected chi connectivity index (χ3v) is 2.47. The summed E-state index contributed by atoms with van der Waals surface area (Å²) in [6.07, 6.45) is 3.30. The summed E-state index contributed by atoms with van der Waals surface area (Å²) in [6.45, 7) is 2.44. The van der Waals surface area contributed by atoms with Crippen LogP contribution in [0.3, 0.4) is 0 Å². The highest BCUT2D eigenvalue weighted by atomic mass is 16.1.